The first-order valence-electron chi connectivity index (χ1n) is 9.56. The largest absolute Gasteiger partial charge is 0.494 e. The van der Waals surface area contributed by atoms with Crippen LogP contribution >= 0.6 is 11.3 Å². The van der Waals surface area contributed by atoms with E-state index in [0.717, 1.165) is 17.7 Å². The molecular weight excluding hydrogens is 372 g/mol. The maximum atomic E-state index is 12.8. The van der Waals surface area contributed by atoms with Crippen LogP contribution in [0.3, 0.4) is 0 Å². The lowest BCUT2D eigenvalue weighted by molar-refractivity contribution is -0.114. The Kier molecular flexibility index (Phi) is 5.79. The van der Waals surface area contributed by atoms with Gasteiger partial charge in [0.2, 0.25) is 5.91 Å². The first-order valence-corrected chi connectivity index (χ1v) is 10.4. The fraction of sp³-hybridized carbons (Fsp3) is 0.455. The van der Waals surface area contributed by atoms with Crippen molar-refractivity contribution in [3.8, 4) is 5.75 Å². The van der Waals surface area contributed by atoms with Crippen molar-refractivity contribution in [2.45, 2.75) is 47.0 Å². The standard InChI is InChI=1S/C22H28N2O3S/c1-13(25)23-17-8-7-16(12-18(17)27-5)24-21(26)20-11-14-10-15(22(2,3)4)6-9-19(14)28-20/h7-8,11-12,15H,6,9-10H2,1-5H3,(H,23,25)(H,24,26). The minimum atomic E-state index is -0.173. The van der Waals surface area contributed by atoms with Crippen LogP contribution in [-0.2, 0) is 17.6 Å². The second-order valence-corrected chi connectivity index (χ2v) is 9.55. The normalized spacial score (nSPS) is 16.2. The number of aryl methyl sites for hydroxylation is 1. The van der Waals surface area contributed by atoms with E-state index in [4.69, 9.17) is 4.74 Å². The van der Waals surface area contributed by atoms with E-state index >= 15 is 0 Å². The van der Waals surface area contributed by atoms with Crippen LogP contribution in [0.4, 0.5) is 11.4 Å². The smallest absolute Gasteiger partial charge is 0.265 e. The van der Waals surface area contributed by atoms with Crippen molar-refractivity contribution in [3.05, 3.63) is 39.6 Å². The summed E-state index contributed by atoms with van der Waals surface area (Å²) >= 11 is 1.60. The predicted octanol–water partition coefficient (Wildman–Crippen LogP) is 5.12. The van der Waals surface area contributed by atoms with Gasteiger partial charge in [0.05, 0.1) is 17.7 Å². The van der Waals surface area contributed by atoms with Gasteiger partial charge >= 0.3 is 0 Å². The summed E-state index contributed by atoms with van der Waals surface area (Å²) in [5, 5.41) is 5.65. The van der Waals surface area contributed by atoms with Crippen molar-refractivity contribution in [2.24, 2.45) is 11.3 Å². The summed E-state index contributed by atoms with van der Waals surface area (Å²) in [5.74, 6) is 0.872. The van der Waals surface area contributed by atoms with E-state index in [1.807, 2.05) is 0 Å². The molecule has 2 amide bonds. The first kappa shape index (κ1) is 20.4. The molecule has 1 aliphatic carbocycles. The van der Waals surface area contributed by atoms with Crippen LogP contribution in [0.25, 0.3) is 0 Å². The molecule has 0 bridgehead atoms. The molecule has 0 saturated carbocycles. The monoisotopic (exact) mass is 400 g/mol. The van der Waals surface area contributed by atoms with Gasteiger partial charge in [-0.25, -0.2) is 0 Å². The topological polar surface area (TPSA) is 67.4 Å². The molecule has 1 aliphatic rings. The lowest BCUT2D eigenvalue weighted by Crippen LogP contribution is -2.26. The zero-order valence-electron chi connectivity index (χ0n) is 17.1. The molecule has 150 valence electrons. The van der Waals surface area contributed by atoms with E-state index in [0.29, 0.717) is 23.0 Å². The van der Waals surface area contributed by atoms with Gasteiger partial charge in [0.25, 0.3) is 5.91 Å². The van der Waals surface area contributed by atoms with E-state index in [1.165, 1.54) is 30.9 Å². The summed E-state index contributed by atoms with van der Waals surface area (Å²) in [7, 11) is 1.53. The van der Waals surface area contributed by atoms with Gasteiger partial charge in [-0.05, 0) is 54.4 Å². The van der Waals surface area contributed by atoms with Crippen LogP contribution < -0.4 is 15.4 Å². The van der Waals surface area contributed by atoms with E-state index in [9.17, 15) is 9.59 Å². The second-order valence-electron chi connectivity index (χ2n) is 8.42. The van der Waals surface area contributed by atoms with Crippen molar-refractivity contribution < 1.29 is 14.3 Å². The number of anilines is 2. The summed E-state index contributed by atoms with van der Waals surface area (Å²) in [6, 6.07) is 7.25. The molecule has 6 heteroatoms. The molecule has 2 aromatic rings. The number of carbonyl (C=O) groups is 2. The van der Waals surface area contributed by atoms with Crippen molar-refractivity contribution in [2.75, 3.05) is 17.7 Å². The molecule has 1 aromatic carbocycles. The number of rotatable bonds is 4. The van der Waals surface area contributed by atoms with E-state index in [2.05, 4.69) is 37.5 Å². The van der Waals surface area contributed by atoms with E-state index in [1.54, 1.807) is 29.5 Å². The zero-order valence-corrected chi connectivity index (χ0v) is 18.0. The van der Waals surface area contributed by atoms with Crippen LogP contribution in [0.2, 0.25) is 0 Å². The SMILES string of the molecule is COc1cc(NC(=O)c2cc3c(s2)CCC(C(C)(C)C)C3)ccc1NC(C)=O. The van der Waals surface area contributed by atoms with E-state index < -0.39 is 0 Å². The quantitative estimate of drug-likeness (QED) is 0.749. The number of amides is 2. The summed E-state index contributed by atoms with van der Waals surface area (Å²) in [4.78, 5) is 26.1. The Labute approximate surface area is 170 Å². The van der Waals surface area contributed by atoms with Crippen LogP contribution in [0.5, 0.6) is 5.75 Å². The molecule has 0 aliphatic heterocycles. The van der Waals surface area contributed by atoms with Crippen molar-refractivity contribution in [3.63, 3.8) is 0 Å². The first-order chi connectivity index (χ1) is 13.2. The molecule has 3 rings (SSSR count). The number of ether oxygens (including phenoxy) is 1. The molecule has 0 radical (unpaired) electrons. The predicted molar refractivity (Wildman–Crippen MR) is 115 cm³/mol. The summed E-state index contributed by atoms with van der Waals surface area (Å²) in [6.07, 6.45) is 3.27. The Morgan fingerprint density at radius 2 is 1.93 bits per heavy atom. The number of hydrogen-bond acceptors (Lipinski definition) is 4. The molecule has 1 heterocycles. The molecular formula is C22H28N2O3S. The number of fused-ring (bicyclic) bond motifs is 1. The van der Waals surface area contributed by atoms with Gasteiger partial charge < -0.3 is 15.4 Å². The average molecular weight is 401 g/mol. The van der Waals surface area contributed by atoms with Crippen molar-refractivity contribution >= 4 is 34.5 Å². The molecule has 2 N–H and O–H groups in total. The summed E-state index contributed by atoms with van der Waals surface area (Å²) in [6.45, 7) is 8.32. The summed E-state index contributed by atoms with van der Waals surface area (Å²) < 4.78 is 5.32. The molecule has 1 atom stereocenters. The third kappa shape index (κ3) is 4.55. The Balaban J connectivity index is 1.74. The van der Waals surface area contributed by atoms with Crippen molar-refractivity contribution in [1.82, 2.24) is 0 Å². The second kappa shape index (κ2) is 7.95. The van der Waals surface area contributed by atoms with Gasteiger partial charge in [-0.2, -0.15) is 0 Å². The van der Waals surface area contributed by atoms with Crippen molar-refractivity contribution in [1.29, 1.82) is 0 Å². The van der Waals surface area contributed by atoms with Gasteiger partial charge in [-0.15, -0.1) is 11.3 Å². The highest BCUT2D eigenvalue weighted by atomic mass is 32.1. The highest BCUT2D eigenvalue weighted by Crippen LogP contribution is 2.40. The van der Waals surface area contributed by atoms with Gasteiger partial charge in [0.15, 0.2) is 0 Å². The minimum Gasteiger partial charge on any atom is -0.494 e. The molecule has 28 heavy (non-hydrogen) atoms. The maximum absolute atomic E-state index is 12.8. The number of nitrogens with one attached hydrogen (secondary N) is 2. The van der Waals surface area contributed by atoms with Gasteiger partial charge in [-0.1, -0.05) is 20.8 Å². The van der Waals surface area contributed by atoms with Gasteiger partial charge in [0.1, 0.15) is 5.75 Å². The fourth-order valence-electron chi connectivity index (χ4n) is 3.63. The molecule has 1 aromatic heterocycles. The van der Waals surface area contributed by atoms with E-state index in [-0.39, 0.29) is 17.2 Å². The third-order valence-corrected chi connectivity index (χ3v) is 6.54. The number of thiophene rings is 1. The minimum absolute atomic E-state index is 0.110. The van der Waals surface area contributed by atoms with Gasteiger partial charge in [-0.3, -0.25) is 9.59 Å². The summed E-state index contributed by atoms with van der Waals surface area (Å²) in [5.41, 5.74) is 2.82. The number of carbonyl (C=O) groups excluding carboxylic acids is 2. The highest BCUT2D eigenvalue weighted by Gasteiger charge is 2.30. The Morgan fingerprint density at radius 3 is 2.57 bits per heavy atom. The Morgan fingerprint density at radius 1 is 1.18 bits per heavy atom. The molecule has 0 saturated heterocycles. The number of methoxy groups -OCH3 is 1. The highest BCUT2D eigenvalue weighted by molar-refractivity contribution is 7.14. The van der Waals surface area contributed by atoms with Crippen LogP contribution in [-0.4, -0.2) is 18.9 Å². The molecule has 0 spiro atoms. The van der Waals surface area contributed by atoms with Crippen LogP contribution in [0.1, 0.15) is 54.2 Å². The maximum Gasteiger partial charge on any atom is 0.265 e. The van der Waals surface area contributed by atoms with Gasteiger partial charge in [0, 0.05) is 23.6 Å². The molecule has 1 unspecified atom stereocenters. The Bertz CT molecular complexity index is 896. The Hall–Kier alpha value is -2.34. The molecule has 0 fully saturated rings. The lowest BCUT2D eigenvalue weighted by Gasteiger charge is -2.33. The lowest BCUT2D eigenvalue weighted by atomic mass is 9.72. The third-order valence-electron chi connectivity index (χ3n) is 5.30. The number of hydrogen-bond donors (Lipinski definition) is 2. The van der Waals surface area contributed by atoms with Crippen LogP contribution in [0, 0.1) is 11.3 Å². The van der Waals surface area contributed by atoms with Crippen LogP contribution in [0.15, 0.2) is 24.3 Å². The number of benzene rings is 1. The fourth-order valence-corrected chi connectivity index (χ4v) is 4.73. The zero-order chi connectivity index (χ0) is 20.5. The average Bonchev–Trinajstić information content (AvgIpc) is 3.05. The molecule has 5 nitrogen and oxygen atoms in total.